The van der Waals surface area contributed by atoms with E-state index in [0.29, 0.717) is 35.9 Å². The highest BCUT2D eigenvalue weighted by Gasteiger charge is 2.28. The first-order chi connectivity index (χ1) is 21.1. The quantitative estimate of drug-likeness (QED) is 0.0828. The number of rotatable bonds is 12. The Morgan fingerprint density at radius 3 is 2.68 bits per heavy atom. The number of ether oxygens (including phenoxy) is 3. The van der Waals surface area contributed by atoms with E-state index >= 15 is 4.39 Å². The molecule has 0 fully saturated rings. The summed E-state index contributed by atoms with van der Waals surface area (Å²) in [4.78, 5) is 26.8. The van der Waals surface area contributed by atoms with E-state index in [0.717, 1.165) is 10.0 Å². The average Bonchev–Trinajstić information content (AvgIpc) is 3.68. The van der Waals surface area contributed by atoms with Crippen LogP contribution in [0.3, 0.4) is 0 Å². The molecule has 44 heavy (non-hydrogen) atoms. The van der Waals surface area contributed by atoms with Crippen LogP contribution in [0.1, 0.15) is 42.2 Å². The van der Waals surface area contributed by atoms with E-state index in [9.17, 15) is 14.0 Å². The van der Waals surface area contributed by atoms with Gasteiger partial charge in [0.1, 0.15) is 17.6 Å². The van der Waals surface area contributed by atoms with Gasteiger partial charge in [0.15, 0.2) is 17.9 Å². The van der Waals surface area contributed by atoms with Gasteiger partial charge in [-0.1, -0.05) is 28.1 Å². The first kappa shape index (κ1) is 31.1. The number of fused-ring (bicyclic) bond motifs is 1. The highest BCUT2D eigenvalue weighted by atomic mass is 79.9. The van der Waals surface area contributed by atoms with Crippen molar-refractivity contribution in [3.63, 3.8) is 0 Å². The molecule has 0 amide bonds. The minimum absolute atomic E-state index is 0.0447. The number of aldehydes is 1. The summed E-state index contributed by atoms with van der Waals surface area (Å²) in [7, 11) is 1.36. The van der Waals surface area contributed by atoms with E-state index in [1.165, 1.54) is 31.4 Å². The predicted octanol–water partition coefficient (Wildman–Crippen LogP) is 7.87. The summed E-state index contributed by atoms with van der Waals surface area (Å²) in [6.45, 7) is 4.14. The first-order valence-electron chi connectivity index (χ1n) is 13.8. The number of aromatic nitrogens is 3. The second kappa shape index (κ2) is 13.1. The number of nitrogens with zero attached hydrogens (tertiary/aromatic N) is 2. The number of carbonyl (C=O) groups is 2. The molecule has 2 heterocycles. The summed E-state index contributed by atoms with van der Waals surface area (Å²) in [5.74, 6) is -1.72. The van der Waals surface area contributed by atoms with Crippen molar-refractivity contribution >= 4 is 39.1 Å². The summed E-state index contributed by atoms with van der Waals surface area (Å²) in [5, 5.41) is 5.17. The molecule has 0 aliphatic rings. The summed E-state index contributed by atoms with van der Waals surface area (Å²) in [6, 6.07) is 15.8. The van der Waals surface area contributed by atoms with Crippen LogP contribution in [0, 0.1) is 17.0 Å². The van der Waals surface area contributed by atoms with Gasteiger partial charge in [0.05, 0.1) is 30.4 Å². The van der Waals surface area contributed by atoms with Crippen molar-refractivity contribution in [2.75, 3.05) is 20.3 Å². The van der Waals surface area contributed by atoms with Gasteiger partial charge in [-0.05, 0) is 68.3 Å². The van der Waals surface area contributed by atoms with Crippen molar-refractivity contribution in [2.45, 2.75) is 26.3 Å². The lowest BCUT2D eigenvalue weighted by Crippen LogP contribution is -2.27. The van der Waals surface area contributed by atoms with Crippen LogP contribution in [0.15, 0.2) is 77.5 Å². The highest BCUT2D eigenvalue weighted by molar-refractivity contribution is 9.10. The molecule has 3 aromatic carbocycles. The van der Waals surface area contributed by atoms with Gasteiger partial charge < -0.3 is 19.2 Å². The fourth-order valence-corrected chi connectivity index (χ4v) is 5.29. The van der Waals surface area contributed by atoms with E-state index in [-0.39, 0.29) is 41.2 Å². The fraction of sp³-hybridized carbons (Fsp3) is 0.242. The molecule has 0 aliphatic carbocycles. The average molecular weight is 667 g/mol. The Hall–Kier alpha value is -4.35. The molecule has 11 heteroatoms. The topological polar surface area (TPSA) is 95.4 Å². The van der Waals surface area contributed by atoms with E-state index in [4.69, 9.17) is 14.2 Å². The summed E-state index contributed by atoms with van der Waals surface area (Å²) in [5.41, 5.74) is 1.15. The third kappa shape index (κ3) is 6.58. The Morgan fingerprint density at radius 1 is 1.11 bits per heavy atom. The first-order valence-corrected chi connectivity index (χ1v) is 14.6. The maximum atomic E-state index is 15.1. The summed E-state index contributed by atoms with van der Waals surface area (Å²) >= 11 is 3.51. The van der Waals surface area contributed by atoms with Gasteiger partial charge in [-0.3, -0.25) is 14.3 Å². The molecular weight excluding hydrogens is 636 g/mol. The van der Waals surface area contributed by atoms with E-state index < -0.39 is 17.0 Å². The number of carbonyl (C=O) groups excluding carboxylic acids is 2. The van der Waals surface area contributed by atoms with Gasteiger partial charge in [-0.2, -0.15) is 5.10 Å². The zero-order chi connectivity index (χ0) is 31.4. The van der Waals surface area contributed by atoms with Crippen LogP contribution in [-0.2, 0) is 14.3 Å². The minimum Gasteiger partial charge on any atom is -0.469 e. The second-order valence-corrected chi connectivity index (χ2v) is 11.8. The van der Waals surface area contributed by atoms with Crippen LogP contribution in [0.2, 0.25) is 0 Å². The molecule has 5 aromatic rings. The smallest absolute Gasteiger partial charge is 0.311 e. The van der Waals surface area contributed by atoms with E-state index in [1.54, 1.807) is 43.1 Å². The molecule has 228 valence electrons. The van der Waals surface area contributed by atoms with Gasteiger partial charge >= 0.3 is 5.97 Å². The lowest BCUT2D eigenvalue weighted by molar-refractivity contribution is -0.151. The fourth-order valence-electron chi connectivity index (χ4n) is 4.88. The number of hydrogen-bond donors (Lipinski definition) is 1. The summed E-state index contributed by atoms with van der Waals surface area (Å²) < 4.78 is 49.3. The molecule has 5 rings (SSSR count). The normalized spacial score (nSPS) is 12.3. The van der Waals surface area contributed by atoms with Gasteiger partial charge in [0.25, 0.3) is 0 Å². The maximum absolute atomic E-state index is 15.1. The van der Waals surface area contributed by atoms with Gasteiger partial charge in [0.2, 0.25) is 0 Å². The highest BCUT2D eigenvalue weighted by Crippen LogP contribution is 2.35. The lowest BCUT2D eigenvalue weighted by Gasteiger charge is -2.23. The largest absolute Gasteiger partial charge is 0.469 e. The van der Waals surface area contributed by atoms with E-state index in [2.05, 4.69) is 26.0 Å². The third-order valence-corrected chi connectivity index (χ3v) is 7.89. The Morgan fingerprint density at radius 2 is 1.93 bits per heavy atom. The zero-order valence-corrected chi connectivity index (χ0v) is 25.9. The van der Waals surface area contributed by atoms with Crippen LogP contribution < -0.4 is 4.74 Å². The number of benzene rings is 3. The molecule has 0 radical (unpaired) electrons. The predicted molar refractivity (Wildman–Crippen MR) is 165 cm³/mol. The summed E-state index contributed by atoms with van der Waals surface area (Å²) in [6.07, 6.45) is 4.31. The Balaban J connectivity index is 1.41. The monoisotopic (exact) mass is 665 g/mol. The Bertz CT molecular complexity index is 1820. The number of methoxy groups -OCH3 is 1. The molecule has 0 spiro atoms. The number of nitrogens with one attached hydrogen (secondary N) is 1. The SMILES string of the molecule is COC(=O)C(C)(C)CCOCC(c1cccc(Br)c1)n1ccc(-c2cc(Oc3c(F)cc4[nH]ccc4c3C=O)ccc2F)n1. The number of aromatic amines is 1. The number of H-pyrrole nitrogens is 1. The van der Waals surface area contributed by atoms with Crippen molar-refractivity contribution in [2.24, 2.45) is 5.41 Å². The lowest BCUT2D eigenvalue weighted by atomic mass is 9.90. The van der Waals surface area contributed by atoms with Crippen LogP contribution in [0.4, 0.5) is 8.78 Å². The van der Waals surface area contributed by atoms with E-state index in [1.807, 2.05) is 24.3 Å². The van der Waals surface area contributed by atoms with Gasteiger partial charge in [-0.25, -0.2) is 8.78 Å². The Kier molecular flexibility index (Phi) is 9.26. The van der Waals surface area contributed by atoms with Crippen molar-refractivity contribution in [3.05, 3.63) is 100 Å². The van der Waals surface area contributed by atoms with Crippen molar-refractivity contribution in [1.82, 2.24) is 14.8 Å². The van der Waals surface area contributed by atoms with Crippen molar-refractivity contribution in [3.8, 4) is 22.8 Å². The van der Waals surface area contributed by atoms with Gasteiger partial charge in [0, 0.05) is 46.0 Å². The molecule has 8 nitrogen and oxygen atoms in total. The molecule has 1 atom stereocenters. The van der Waals surface area contributed by atoms with Crippen LogP contribution in [0.25, 0.3) is 22.2 Å². The molecule has 2 aromatic heterocycles. The minimum atomic E-state index is -0.732. The van der Waals surface area contributed by atoms with Crippen LogP contribution >= 0.6 is 15.9 Å². The molecule has 0 saturated carbocycles. The van der Waals surface area contributed by atoms with Crippen LogP contribution in [-0.4, -0.2) is 47.3 Å². The van der Waals surface area contributed by atoms with Gasteiger partial charge in [-0.15, -0.1) is 0 Å². The molecule has 0 saturated heterocycles. The maximum Gasteiger partial charge on any atom is 0.311 e. The van der Waals surface area contributed by atoms with Crippen molar-refractivity contribution < 1.29 is 32.6 Å². The number of esters is 1. The Labute approximate surface area is 261 Å². The second-order valence-electron chi connectivity index (χ2n) is 10.9. The molecular formula is C33H30BrF2N3O5. The third-order valence-electron chi connectivity index (χ3n) is 7.40. The number of halogens is 3. The molecule has 1 N–H and O–H groups in total. The van der Waals surface area contributed by atoms with Crippen LogP contribution in [0.5, 0.6) is 11.5 Å². The molecule has 0 bridgehead atoms. The molecule has 0 aliphatic heterocycles. The number of hydrogen-bond acceptors (Lipinski definition) is 6. The molecule has 1 unspecified atom stereocenters. The van der Waals surface area contributed by atoms with Crippen molar-refractivity contribution in [1.29, 1.82) is 0 Å². The zero-order valence-electron chi connectivity index (χ0n) is 24.3. The standard InChI is InChI=1S/C33H30BrF2N3O5/c1-33(2,32(41)42-3)11-14-43-19-30(20-5-4-6-21(34)15-20)39-13-10-28(38-39)24-16-22(7-8-26(24)35)44-31-25(18-40)23-9-12-37-29(23)17-27(31)36/h4-10,12-13,15-18,30,37H,11,14,19H2,1-3H3.